The van der Waals surface area contributed by atoms with E-state index in [4.69, 9.17) is 0 Å². The number of hydrogen-bond acceptors (Lipinski definition) is 2. The van der Waals surface area contributed by atoms with Gasteiger partial charge in [-0.05, 0) is 93.0 Å². The third kappa shape index (κ3) is 2.90. The summed E-state index contributed by atoms with van der Waals surface area (Å²) in [5, 5.41) is 10.6. The Labute approximate surface area is 164 Å². The molecule has 2 saturated carbocycles. The summed E-state index contributed by atoms with van der Waals surface area (Å²) in [6, 6.07) is 0. The standard InChI is InChI=1S/C25H36O2/c1-17(6-5-15-26)20-9-10-21-19-8-7-18-16-23(2,27)13-14-24(18,3)22(19)11-12-25(20,21)4/h6-7,9,15,19,21-22,27H,5,8,10-14,16H2,1-4H3/b17-6-. The van der Waals surface area contributed by atoms with Gasteiger partial charge >= 0.3 is 0 Å². The summed E-state index contributed by atoms with van der Waals surface area (Å²) in [5.74, 6) is 2.25. The van der Waals surface area contributed by atoms with E-state index in [2.05, 4.69) is 39.0 Å². The molecule has 0 saturated heterocycles. The summed E-state index contributed by atoms with van der Waals surface area (Å²) >= 11 is 0. The van der Waals surface area contributed by atoms with Crippen molar-refractivity contribution in [1.29, 1.82) is 0 Å². The summed E-state index contributed by atoms with van der Waals surface area (Å²) in [6.45, 7) is 9.18. The molecule has 2 heteroatoms. The Balaban J connectivity index is 1.62. The van der Waals surface area contributed by atoms with Crippen LogP contribution in [0.4, 0.5) is 0 Å². The van der Waals surface area contributed by atoms with Gasteiger partial charge in [0.05, 0.1) is 5.60 Å². The summed E-state index contributed by atoms with van der Waals surface area (Å²) in [4.78, 5) is 10.8. The van der Waals surface area contributed by atoms with Crippen molar-refractivity contribution >= 4 is 6.29 Å². The van der Waals surface area contributed by atoms with Crippen molar-refractivity contribution in [3.8, 4) is 0 Å². The molecule has 27 heavy (non-hydrogen) atoms. The predicted molar refractivity (Wildman–Crippen MR) is 110 cm³/mol. The van der Waals surface area contributed by atoms with Gasteiger partial charge in [-0.2, -0.15) is 0 Å². The number of carbonyl (C=O) groups is 1. The van der Waals surface area contributed by atoms with Crippen molar-refractivity contribution in [3.05, 3.63) is 34.9 Å². The van der Waals surface area contributed by atoms with Crippen LogP contribution in [0.5, 0.6) is 0 Å². The maximum atomic E-state index is 10.8. The lowest BCUT2D eigenvalue weighted by molar-refractivity contribution is -0.107. The SMILES string of the molecule is C/C(=C/CC=O)C1=CCC2C3CC=C4CC(C)(O)CCC4(C)C3CCC12C. The van der Waals surface area contributed by atoms with Crippen molar-refractivity contribution < 1.29 is 9.90 Å². The first-order chi connectivity index (χ1) is 12.7. The fourth-order valence-electron chi connectivity index (χ4n) is 7.32. The van der Waals surface area contributed by atoms with Gasteiger partial charge in [0.2, 0.25) is 0 Å². The molecule has 1 N–H and O–H groups in total. The zero-order valence-corrected chi connectivity index (χ0v) is 17.6. The van der Waals surface area contributed by atoms with E-state index in [0.717, 1.165) is 43.3 Å². The Hall–Kier alpha value is -1.15. The maximum Gasteiger partial charge on any atom is 0.123 e. The van der Waals surface area contributed by atoms with Gasteiger partial charge in [-0.25, -0.2) is 0 Å². The number of carbonyl (C=O) groups excluding carboxylic acids is 1. The summed E-state index contributed by atoms with van der Waals surface area (Å²) in [6.07, 6.45) is 16.5. The van der Waals surface area contributed by atoms with Crippen molar-refractivity contribution in [1.82, 2.24) is 0 Å². The molecule has 2 fully saturated rings. The zero-order chi connectivity index (χ0) is 19.4. The average molecular weight is 369 g/mol. The van der Waals surface area contributed by atoms with E-state index in [0.29, 0.717) is 6.42 Å². The van der Waals surface area contributed by atoms with Crippen LogP contribution in [0, 0.1) is 28.6 Å². The van der Waals surface area contributed by atoms with Crippen molar-refractivity contribution in [2.45, 2.75) is 84.7 Å². The second-order valence-electron chi connectivity index (χ2n) is 10.5. The maximum absolute atomic E-state index is 10.8. The van der Waals surface area contributed by atoms with E-state index in [1.54, 1.807) is 0 Å². The van der Waals surface area contributed by atoms with Gasteiger partial charge in [-0.3, -0.25) is 0 Å². The Morgan fingerprint density at radius 3 is 2.63 bits per heavy atom. The van der Waals surface area contributed by atoms with E-state index < -0.39 is 5.60 Å². The lowest BCUT2D eigenvalue weighted by atomic mass is 9.46. The molecule has 0 aromatic carbocycles. The second kappa shape index (κ2) is 6.44. The minimum absolute atomic E-state index is 0.270. The van der Waals surface area contributed by atoms with E-state index >= 15 is 0 Å². The lowest BCUT2D eigenvalue weighted by Gasteiger charge is -2.58. The molecule has 6 atom stereocenters. The number of aldehydes is 1. The highest BCUT2D eigenvalue weighted by Crippen LogP contribution is 2.66. The highest BCUT2D eigenvalue weighted by molar-refractivity contribution is 5.54. The molecule has 0 spiro atoms. The Bertz CT molecular complexity index is 725. The first kappa shape index (κ1) is 19.2. The number of rotatable bonds is 3. The second-order valence-corrected chi connectivity index (χ2v) is 10.5. The Morgan fingerprint density at radius 2 is 1.89 bits per heavy atom. The summed E-state index contributed by atoms with van der Waals surface area (Å²) in [5.41, 5.74) is 4.42. The van der Waals surface area contributed by atoms with Crippen LogP contribution in [-0.4, -0.2) is 17.0 Å². The molecule has 0 bridgehead atoms. The van der Waals surface area contributed by atoms with E-state index in [9.17, 15) is 9.90 Å². The fraction of sp³-hybridized carbons (Fsp3) is 0.720. The number of fused-ring (bicyclic) bond motifs is 5. The Morgan fingerprint density at radius 1 is 1.11 bits per heavy atom. The number of allylic oxidation sites excluding steroid dienone is 5. The monoisotopic (exact) mass is 368 g/mol. The first-order valence-corrected chi connectivity index (χ1v) is 10.9. The summed E-state index contributed by atoms with van der Waals surface area (Å²) in [7, 11) is 0. The third-order valence-electron chi connectivity index (χ3n) is 8.91. The molecule has 4 aliphatic rings. The number of hydrogen-bond donors (Lipinski definition) is 1. The van der Waals surface area contributed by atoms with Crippen molar-refractivity contribution in [2.24, 2.45) is 28.6 Å². The summed E-state index contributed by atoms with van der Waals surface area (Å²) < 4.78 is 0. The molecule has 0 aromatic heterocycles. The van der Waals surface area contributed by atoms with Gasteiger partial charge in [-0.1, -0.05) is 43.2 Å². The van der Waals surface area contributed by atoms with E-state index in [1.165, 1.54) is 42.4 Å². The van der Waals surface area contributed by atoms with Crippen LogP contribution in [0.3, 0.4) is 0 Å². The van der Waals surface area contributed by atoms with Crippen LogP contribution in [-0.2, 0) is 4.79 Å². The smallest absolute Gasteiger partial charge is 0.123 e. The van der Waals surface area contributed by atoms with Crippen LogP contribution in [0.2, 0.25) is 0 Å². The van der Waals surface area contributed by atoms with Crippen molar-refractivity contribution in [3.63, 3.8) is 0 Å². The topological polar surface area (TPSA) is 37.3 Å². The molecule has 0 aromatic rings. The van der Waals surface area contributed by atoms with Gasteiger partial charge in [0.1, 0.15) is 6.29 Å². The van der Waals surface area contributed by atoms with Crippen LogP contribution < -0.4 is 0 Å². The van der Waals surface area contributed by atoms with E-state index in [1.807, 2.05) is 6.92 Å². The molecule has 4 aliphatic carbocycles. The first-order valence-electron chi connectivity index (χ1n) is 10.9. The Kier molecular flexibility index (Phi) is 4.57. The molecule has 0 radical (unpaired) electrons. The van der Waals surface area contributed by atoms with Gasteiger partial charge in [0, 0.05) is 6.42 Å². The molecule has 0 heterocycles. The minimum atomic E-state index is -0.510. The predicted octanol–water partition coefficient (Wildman–Crippen LogP) is 5.77. The molecule has 148 valence electrons. The van der Waals surface area contributed by atoms with E-state index in [-0.39, 0.29) is 10.8 Å². The molecular weight excluding hydrogens is 332 g/mol. The third-order valence-corrected chi connectivity index (χ3v) is 8.91. The molecule has 0 amide bonds. The fourth-order valence-corrected chi connectivity index (χ4v) is 7.32. The van der Waals surface area contributed by atoms with Gasteiger partial charge < -0.3 is 9.90 Å². The highest BCUT2D eigenvalue weighted by atomic mass is 16.3. The molecule has 0 aliphatic heterocycles. The van der Waals surface area contributed by atoms with Gasteiger partial charge in [-0.15, -0.1) is 0 Å². The van der Waals surface area contributed by atoms with Crippen LogP contribution in [0.15, 0.2) is 34.9 Å². The largest absolute Gasteiger partial charge is 0.390 e. The van der Waals surface area contributed by atoms with Gasteiger partial charge in [0.15, 0.2) is 0 Å². The van der Waals surface area contributed by atoms with Crippen molar-refractivity contribution in [2.75, 3.05) is 0 Å². The number of aliphatic hydroxyl groups is 1. The quantitative estimate of drug-likeness (QED) is 0.507. The zero-order valence-electron chi connectivity index (χ0n) is 17.6. The molecule has 2 nitrogen and oxygen atoms in total. The highest BCUT2D eigenvalue weighted by Gasteiger charge is 2.57. The van der Waals surface area contributed by atoms with Crippen LogP contribution in [0.25, 0.3) is 0 Å². The van der Waals surface area contributed by atoms with Crippen LogP contribution in [0.1, 0.15) is 79.1 Å². The normalized spacial score (nSPS) is 46.7. The molecule has 6 unspecified atom stereocenters. The molecule has 4 rings (SSSR count). The van der Waals surface area contributed by atoms with Crippen LogP contribution >= 0.6 is 0 Å². The molecular formula is C25H36O2. The minimum Gasteiger partial charge on any atom is -0.390 e. The lowest BCUT2D eigenvalue weighted by Crippen LogP contribution is -2.51. The van der Waals surface area contributed by atoms with Gasteiger partial charge in [0.25, 0.3) is 0 Å². The average Bonchev–Trinajstić information content (AvgIpc) is 2.97.